The normalized spacial score (nSPS) is 11.8. The van der Waals surface area contributed by atoms with Crippen LogP contribution in [-0.2, 0) is 7.05 Å². The van der Waals surface area contributed by atoms with E-state index < -0.39 is 0 Å². The van der Waals surface area contributed by atoms with Crippen LogP contribution < -0.4 is 15.8 Å². The molecule has 0 aromatic carbocycles. The van der Waals surface area contributed by atoms with Gasteiger partial charge in [0, 0.05) is 55.5 Å². The molecule has 0 spiro atoms. The number of ether oxygens (including phenoxy) is 1. The summed E-state index contributed by atoms with van der Waals surface area (Å²) in [5.41, 5.74) is 8.83. The maximum absolute atomic E-state index is 6.12. The van der Waals surface area contributed by atoms with Crippen LogP contribution in [0.1, 0.15) is 13.3 Å². The number of aryl methyl sites for hydroxylation is 1. The lowest BCUT2D eigenvalue weighted by Crippen LogP contribution is -2.19. The summed E-state index contributed by atoms with van der Waals surface area (Å²) in [5, 5.41) is 8.12. The fourth-order valence-electron chi connectivity index (χ4n) is 3.11. The molecule has 0 saturated carbocycles. The third-order valence-corrected chi connectivity index (χ3v) is 4.91. The van der Waals surface area contributed by atoms with Gasteiger partial charge in [-0.25, -0.2) is 19.6 Å². The molecule has 0 aliphatic carbocycles. The number of hydrogen-bond acceptors (Lipinski definition) is 9. The molecule has 0 fully saturated rings. The second kappa shape index (κ2) is 9.56. The number of nitrogens with zero attached hydrogens (tertiary/aromatic N) is 7. The van der Waals surface area contributed by atoms with Crippen molar-refractivity contribution in [3.8, 4) is 28.5 Å². The molecule has 0 saturated heterocycles. The van der Waals surface area contributed by atoms with Gasteiger partial charge < -0.3 is 15.8 Å². The molecule has 3 N–H and O–H groups in total. The molecule has 32 heavy (non-hydrogen) atoms. The van der Waals surface area contributed by atoms with Crippen LogP contribution in [0.5, 0.6) is 5.88 Å². The van der Waals surface area contributed by atoms with E-state index in [0.29, 0.717) is 47.0 Å². The van der Waals surface area contributed by atoms with E-state index in [1.54, 1.807) is 61.0 Å². The minimum absolute atomic E-state index is 0.0733. The fourth-order valence-corrected chi connectivity index (χ4v) is 3.27. The Hall–Kier alpha value is -3.79. The molecule has 0 bridgehead atoms. The van der Waals surface area contributed by atoms with Crippen molar-refractivity contribution >= 4 is 23.1 Å². The minimum Gasteiger partial charge on any atom is -0.477 e. The molecule has 4 rings (SSSR count). The SMILES string of the molecule is C[C@@H](CCOc1c(-c2nccc(N)n2)cnn1C)Nc1cc(Cl)ncc1-c1cnccn1. The lowest BCUT2D eigenvalue weighted by Gasteiger charge is -2.18. The van der Waals surface area contributed by atoms with Gasteiger partial charge in [-0.1, -0.05) is 11.6 Å². The quantitative estimate of drug-likeness (QED) is 0.387. The molecule has 11 heteroatoms. The zero-order valence-electron chi connectivity index (χ0n) is 17.6. The molecule has 0 amide bonds. The summed E-state index contributed by atoms with van der Waals surface area (Å²) in [5.74, 6) is 1.44. The van der Waals surface area contributed by atoms with E-state index in [9.17, 15) is 0 Å². The summed E-state index contributed by atoms with van der Waals surface area (Å²) in [6, 6.07) is 3.48. The first-order chi connectivity index (χ1) is 15.5. The molecule has 0 unspecified atom stereocenters. The second-order valence-electron chi connectivity index (χ2n) is 7.12. The third kappa shape index (κ3) is 4.92. The molecular formula is C21H22ClN9O. The van der Waals surface area contributed by atoms with E-state index in [0.717, 1.165) is 11.3 Å². The van der Waals surface area contributed by atoms with E-state index in [2.05, 4.69) is 42.3 Å². The fraction of sp³-hybridized carbons (Fsp3) is 0.238. The average Bonchev–Trinajstić information content (AvgIpc) is 3.15. The van der Waals surface area contributed by atoms with Crippen molar-refractivity contribution in [1.29, 1.82) is 0 Å². The summed E-state index contributed by atoms with van der Waals surface area (Å²) in [4.78, 5) is 21.2. The van der Waals surface area contributed by atoms with Crippen LogP contribution in [0.2, 0.25) is 5.15 Å². The van der Waals surface area contributed by atoms with Crippen LogP contribution in [0.25, 0.3) is 22.6 Å². The predicted octanol–water partition coefficient (Wildman–Crippen LogP) is 3.23. The Balaban J connectivity index is 1.43. The zero-order valence-corrected chi connectivity index (χ0v) is 18.4. The number of nitrogen functional groups attached to an aromatic ring is 1. The van der Waals surface area contributed by atoms with Gasteiger partial charge in [0.1, 0.15) is 16.5 Å². The molecule has 4 heterocycles. The van der Waals surface area contributed by atoms with Crippen LogP contribution in [0, 0.1) is 0 Å². The largest absolute Gasteiger partial charge is 0.477 e. The van der Waals surface area contributed by atoms with E-state index in [1.807, 2.05) is 0 Å². The summed E-state index contributed by atoms with van der Waals surface area (Å²) in [6.45, 7) is 2.51. The van der Waals surface area contributed by atoms with Gasteiger partial charge in [-0.2, -0.15) is 5.10 Å². The van der Waals surface area contributed by atoms with Crippen LogP contribution in [0.15, 0.2) is 49.3 Å². The number of pyridine rings is 1. The lowest BCUT2D eigenvalue weighted by atomic mass is 10.1. The standard InChI is InChI=1S/C21H22ClN9O/c1-13(29-16-9-18(22)27-10-14(16)17-12-24-6-7-25-17)4-8-32-21-15(11-28-31(21)2)20-26-5-3-19(23)30-20/h3,5-7,9-13H,4,8H2,1-2H3,(H,27,29)(H2,23,26,30)/t13-/m0/s1. The third-order valence-electron chi connectivity index (χ3n) is 4.70. The van der Waals surface area contributed by atoms with E-state index in [-0.39, 0.29) is 6.04 Å². The zero-order chi connectivity index (χ0) is 22.5. The second-order valence-corrected chi connectivity index (χ2v) is 7.51. The number of aromatic nitrogens is 7. The van der Waals surface area contributed by atoms with Crippen LogP contribution in [0.4, 0.5) is 11.5 Å². The molecule has 0 aliphatic heterocycles. The predicted molar refractivity (Wildman–Crippen MR) is 122 cm³/mol. The number of rotatable bonds is 8. The van der Waals surface area contributed by atoms with Gasteiger partial charge in [-0.05, 0) is 19.1 Å². The topological polar surface area (TPSA) is 130 Å². The Morgan fingerprint density at radius 1 is 1.12 bits per heavy atom. The van der Waals surface area contributed by atoms with Crippen molar-refractivity contribution < 1.29 is 4.74 Å². The highest BCUT2D eigenvalue weighted by Gasteiger charge is 2.16. The maximum atomic E-state index is 6.12. The number of hydrogen-bond donors (Lipinski definition) is 2. The molecule has 0 radical (unpaired) electrons. The number of nitrogens with two attached hydrogens (primary N) is 1. The lowest BCUT2D eigenvalue weighted by molar-refractivity contribution is 0.280. The first-order valence-corrected chi connectivity index (χ1v) is 10.3. The minimum atomic E-state index is 0.0733. The van der Waals surface area contributed by atoms with Crippen molar-refractivity contribution in [2.45, 2.75) is 19.4 Å². The Morgan fingerprint density at radius 3 is 2.78 bits per heavy atom. The molecule has 1 atom stereocenters. The molecule has 164 valence electrons. The number of halogens is 1. The Kier molecular flexibility index (Phi) is 6.41. The number of nitrogens with one attached hydrogen (secondary N) is 1. The first kappa shape index (κ1) is 21.4. The Bertz CT molecular complexity index is 1200. The highest BCUT2D eigenvalue weighted by molar-refractivity contribution is 6.29. The average molecular weight is 452 g/mol. The smallest absolute Gasteiger partial charge is 0.222 e. The number of anilines is 2. The molecule has 4 aromatic rings. The van der Waals surface area contributed by atoms with E-state index in [4.69, 9.17) is 22.1 Å². The monoisotopic (exact) mass is 451 g/mol. The van der Waals surface area contributed by atoms with Crippen molar-refractivity contribution in [3.63, 3.8) is 0 Å². The van der Waals surface area contributed by atoms with Gasteiger partial charge >= 0.3 is 0 Å². The summed E-state index contributed by atoms with van der Waals surface area (Å²) < 4.78 is 7.68. The van der Waals surface area contributed by atoms with Crippen molar-refractivity contribution in [1.82, 2.24) is 34.7 Å². The maximum Gasteiger partial charge on any atom is 0.222 e. The van der Waals surface area contributed by atoms with Crippen LogP contribution in [0.3, 0.4) is 0 Å². The van der Waals surface area contributed by atoms with Crippen LogP contribution >= 0.6 is 11.6 Å². The molecule has 0 aliphatic rings. The first-order valence-electron chi connectivity index (χ1n) is 9.93. The Morgan fingerprint density at radius 2 is 2.00 bits per heavy atom. The summed E-state index contributed by atoms with van der Waals surface area (Å²) in [7, 11) is 1.80. The Labute approximate surface area is 189 Å². The van der Waals surface area contributed by atoms with Gasteiger partial charge in [0.25, 0.3) is 0 Å². The highest BCUT2D eigenvalue weighted by atomic mass is 35.5. The molecule has 4 aromatic heterocycles. The molecular weight excluding hydrogens is 430 g/mol. The van der Waals surface area contributed by atoms with Crippen molar-refractivity contribution in [3.05, 3.63) is 54.5 Å². The highest BCUT2D eigenvalue weighted by Crippen LogP contribution is 2.29. The van der Waals surface area contributed by atoms with E-state index >= 15 is 0 Å². The van der Waals surface area contributed by atoms with Gasteiger partial charge in [-0.15, -0.1) is 0 Å². The molecule has 10 nitrogen and oxygen atoms in total. The van der Waals surface area contributed by atoms with Crippen LogP contribution in [-0.4, -0.2) is 47.3 Å². The summed E-state index contributed by atoms with van der Waals surface area (Å²) in [6.07, 6.45) is 10.6. The van der Waals surface area contributed by atoms with Gasteiger partial charge in [0.2, 0.25) is 5.88 Å². The van der Waals surface area contributed by atoms with Gasteiger partial charge in [0.15, 0.2) is 5.82 Å². The van der Waals surface area contributed by atoms with E-state index in [1.165, 1.54) is 0 Å². The van der Waals surface area contributed by atoms with Crippen molar-refractivity contribution in [2.24, 2.45) is 7.05 Å². The van der Waals surface area contributed by atoms with Gasteiger partial charge in [0.05, 0.1) is 24.7 Å². The van der Waals surface area contributed by atoms with Gasteiger partial charge in [-0.3, -0.25) is 9.97 Å². The van der Waals surface area contributed by atoms with Crippen molar-refractivity contribution in [2.75, 3.05) is 17.7 Å². The summed E-state index contributed by atoms with van der Waals surface area (Å²) >= 11 is 6.12.